The van der Waals surface area contributed by atoms with Gasteiger partial charge in [-0.2, -0.15) is 0 Å². The standard InChI is InChI=1S/C21H28FN3O3S/c1-14-11-17(12-20(15(14)2)29(27,28)25(5)6)21(26)23-13-19(24(3)4)16-7-9-18(22)10-8-16/h7-12,19H,13H2,1-6H3,(H,23,26). The van der Waals surface area contributed by atoms with Gasteiger partial charge < -0.3 is 10.2 Å². The summed E-state index contributed by atoms with van der Waals surface area (Å²) >= 11 is 0. The van der Waals surface area contributed by atoms with Crippen LogP contribution in [0.1, 0.15) is 33.1 Å². The molecule has 0 heterocycles. The van der Waals surface area contributed by atoms with E-state index in [1.807, 2.05) is 19.0 Å². The van der Waals surface area contributed by atoms with E-state index in [9.17, 15) is 17.6 Å². The van der Waals surface area contributed by atoms with Crippen molar-refractivity contribution in [3.8, 4) is 0 Å². The molecular formula is C21H28FN3O3S. The first-order chi connectivity index (χ1) is 13.4. The molecule has 0 spiro atoms. The summed E-state index contributed by atoms with van der Waals surface area (Å²) < 4.78 is 39.6. The van der Waals surface area contributed by atoms with Gasteiger partial charge >= 0.3 is 0 Å². The lowest BCUT2D eigenvalue weighted by Crippen LogP contribution is -2.34. The van der Waals surface area contributed by atoms with Crippen molar-refractivity contribution in [1.29, 1.82) is 0 Å². The Labute approximate surface area is 172 Å². The van der Waals surface area contributed by atoms with E-state index in [0.717, 1.165) is 15.4 Å². The van der Waals surface area contributed by atoms with Crippen LogP contribution in [0.5, 0.6) is 0 Å². The molecule has 1 amide bonds. The molecule has 0 bridgehead atoms. The van der Waals surface area contributed by atoms with E-state index in [1.165, 1.54) is 32.3 Å². The first kappa shape index (κ1) is 23.0. The first-order valence-electron chi connectivity index (χ1n) is 9.19. The van der Waals surface area contributed by atoms with Crippen molar-refractivity contribution >= 4 is 15.9 Å². The van der Waals surface area contributed by atoms with Crippen molar-refractivity contribution in [1.82, 2.24) is 14.5 Å². The highest BCUT2D eigenvalue weighted by atomic mass is 32.2. The lowest BCUT2D eigenvalue weighted by Gasteiger charge is -2.25. The minimum atomic E-state index is -3.67. The van der Waals surface area contributed by atoms with Gasteiger partial charge in [-0.15, -0.1) is 0 Å². The van der Waals surface area contributed by atoms with Crippen LogP contribution in [0.25, 0.3) is 0 Å². The maximum Gasteiger partial charge on any atom is 0.251 e. The summed E-state index contributed by atoms with van der Waals surface area (Å²) in [5.74, 6) is -0.683. The number of carbonyl (C=O) groups is 1. The van der Waals surface area contributed by atoms with Crippen LogP contribution in [-0.4, -0.2) is 58.3 Å². The van der Waals surface area contributed by atoms with Crippen LogP contribution < -0.4 is 5.32 Å². The van der Waals surface area contributed by atoms with Crippen LogP contribution in [0.4, 0.5) is 4.39 Å². The second-order valence-corrected chi connectivity index (χ2v) is 9.56. The third kappa shape index (κ3) is 5.20. The fourth-order valence-electron chi connectivity index (χ4n) is 3.00. The zero-order valence-electron chi connectivity index (χ0n) is 17.7. The zero-order chi connectivity index (χ0) is 21.9. The molecule has 29 heavy (non-hydrogen) atoms. The maximum atomic E-state index is 13.2. The van der Waals surface area contributed by atoms with E-state index in [2.05, 4.69) is 5.32 Å². The van der Waals surface area contributed by atoms with Crippen LogP contribution in [0, 0.1) is 19.7 Å². The summed E-state index contributed by atoms with van der Waals surface area (Å²) in [6, 6.07) is 9.08. The summed E-state index contributed by atoms with van der Waals surface area (Å²) in [7, 11) is 3.00. The van der Waals surface area contributed by atoms with Gasteiger partial charge in [0.25, 0.3) is 5.91 Å². The average Bonchev–Trinajstić information content (AvgIpc) is 2.64. The topological polar surface area (TPSA) is 69.7 Å². The van der Waals surface area contributed by atoms with Gasteiger partial charge in [0.2, 0.25) is 10.0 Å². The highest BCUT2D eigenvalue weighted by Crippen LogP contribution is 2.24. The Balaban J connectivity index is 2.28. The Kier molecular flexibility index (Phi) is 7.15. The number of hydrogen-bond donors (Lipinski definition) is 1. The van der Waals surface area contributed by atoms with Gasteiger partial charge in [0.15, 0.2) is 0 Å². The van der Waals surface area contributed by atoms with Crippen molar-refractivity contribution in [3.63, 3.8) is 0 Å². The molecule has 1 unspecified atom stereocenters. The van der Waals surface area contributed by atoms with Crippen LogP contribution in [0.3, 0.4) is 0 Å². The lowest BCUT2D eigenvalue weighted by atomic mass is 10.0. The number of rotatable bonds is 7. The van der Waals surface area contributed by atoms with Crippen molar-refractivity contribution in [3.05, 3.63) is 64.5 Å². The summed E-state index contributed by atoms with van der Waals surface area (Å²) in [5, 5.41) is 2.87. The fourth-order valence-corrected chi connectivity index (χ4v) is 4.21. The molecule has 6 nitrogen and oxygen atoms in total. The Morgan fingerprint density at radius 2 is 1.66 bits per heavy atom. The second-order valence-electron chi connectivity index (χ2n) is 7.44. The molecule has 1 atom stereocenters. The molecule has 158 valence electrons. The number of nitrogens with one attached hydrogen (secondary N) is 1. The smallest absolute Gasteiger partial charge is 0.251 e. The number of amides is 1. The molecule has 0 aliphatic rings. The SMILES string of the molecule is Cc1cc(C(=O)NCC(c2ccc(F)cc2)N(C)C)cc(S(=O)(=O)N(C)C)c1C. The normalized spacial score (nSPS) is 13.0. The predicted octanol–water partition coefficient (Wildman–Crippen LogP) is 2.73. The molecule has 2 rings (SSSR count). The van der Waals surface area contributed by atoms with Gasteiger partial charge in [0.1, 0.15) is 5.82 Å². The van der Waals surface area contributed by atoms with Crippen molar-refractivity contribution < 1.29 is 17.6 Å². The molecule has 0 aliphatic carbocycles. The number of aryl methyl sites for hydroxylation is 1. The molecule has 1 N–H and O–H groups in total. The minimum Gasteiger partial charge on any atom is -0.350 e. The number of likely N-dealkylation sites (N-methyl/N-ethyl adjacent to an activating group) is 1. The number of halogens is 1. The maximum absolute atomic E-state index is 13.2. The number of carbonyl (C=O) groups excluding carboxylic acids is 1. The monoisotopic (exact) mass is 421 g/mol. The fraction of sp³-hybridized carbons (Fsp3) is 0.381. The van der Waals surface area contributed by atoms with Gasteiger partial charge in [-0.1, -0.05) is 12.1 Å². The molecule has 2 aromatic carbocycles. The molecule has 0 aliphatic heterocycles. The van der Waals surface area contributed by atoms with Gasteiger partial charge in [-0.05, 0) is 68.9 Å². The molecule has 2 aromatic rings. The highest BCUT2D eigenvalue weighted by molar-refractivity contribution is 7.89. The lowest BCUT2D eigenvalue weighted by molar-refractivity contribution is 0.0941. The molecule has 0 saturated carbocycles. The van der Waals surface area contributed by atoms with E-state index in [4.69, 9.17) is 0 Å². The third-order valence-corrected chi connectivity index (χ3v) is 6.92. The largest absolute Gasteiger partial charge is 0.350 e. The Morgan fingerprint density at radius 1 is 1.07 bits per heavy atom. The van der Waals surface area contributed by atoms with Gasteiger partial charge in [-0.3, -0.25) is 4.79 Å². The molecule has 0 aromatic heterocycles. The second kappa shape index (κ2) is 9.02. The molecule has 0 radical (unpaired) electrons. The molecule has 8 heteroatoms. The van der Waals surface area contributed by atoms with Gasteiger partial charge in [0, 0.05) is 26.2 Å². The number of benzene rings is 2. The van der Waals surface area contributed by atoms with Gasteiger partial charge in [-0.25, -0.2) is 17.1 Å². The van der Waals surface area contributed by atoms with Gasteiger partial charge in [0.05, 0.1) is 10.9 Å². The molecule has 0 saturated heterocycles. The van der Waals surface area contributed by atoms with Crippen LogP contribution in [0.15, 0.2) is 41.3 Å². The highest BCUT2D eigenvalue weighted by Gasteiger charge is 2.23. The number of nitrogens with zero attached hydrogens (tertiary/aromatic N) is 2. The zero-order valence-corrected chi connectivity index (χ0v) is 18.5. The van der Waals surface area contributed by atoms with Crippen molar-refractivity contribution in [2.45, 2.75) is 24.8 Å². The quantitative estimate of drug-likeness (QED) is 0.746. The third-order valence-electron chi connectivity index (χ3n) is 4.97. The van der Waals surface area contributed by atoms with Crippen LogP contribution >= 0.6 is 0 Å². The first-order valence-corrected chi connectivity index (χ1v) is 10.6. The summed E-state index contributed by atoms with van der Waals surface area (Å²) in [6.07, 6.45) is 0. The number of sulfonamides is 1. The summed E-state index contributed by atoms with van der Waals surface area (Å²) in [5.41, 5.74) is 2.49. The van der Waals surface area contributed by atoms with E-state index in [1.54, 1.807) is 32.0 Å². The number of hydrogen-bond acceptors (Lipinski definition) is 4. The van der Waals surface area contributed by atoms with E-state index in [0.29, 0.717) is 12.1 Å². The molecular weight excluding hydrogens is 393 g/mol. The Hall–Kier alpha value is -2.29. The summed E-state index contributed by atoms with van der Waals surface area (Å²) in [6.45, 7) is 3.80. The van der Waals surface area contributed by atoms with Crippen molar-refractivity contribution in [2.75, 3.05) is 34.7 Å². The Morgan fingerprint density at radius 3 is 2.17 bits per heavy atom. The van der Waals surface area contributed by atoms with Crippen LogP contribution in [0.2, 0.25) is 0 Å². The van der Waals surface area contributed by atoms with Crippen LogP contribution in [-0.2, 0) is 10.0 Å². The van der Waals surface area contributed by atoms with Crippen molar-refractivity contribution in [2.24, 2.45) is 0 Å². The van der Waals surface area contributed by atoms with E-state index < -0.39 is 10.0 Å². The predicted molar refractivity (Wildman–Crippen MR) is 112 cm³/mol. The summed E-state index contributed by atoms with van der Waals surface area (Å²) in [4.78, 5) is 14.8. The Bertz CT molecular complexity index is 987. The average molecular weight is 422 g/mol. The molecule has 0 fully saturated rings. The van der Waals surface area contributed by atoms with E-state index in [-0.39, 0.29) is 28.2 Å². The van der Waals surface area contributed by atoms with E-state index >= 15 is 0 Å². The minimum absolute atomic E-state index is 0.121.